The molecule has 1 atom stereocenters. The highest BCUT2D eigenvalue weighted by Gasteiger charge is 2.22. The van der Waals surface area contributed by atoms with E-state index >= 15 is 0 Å². The first kappa shape index (κ1) is 25.9. The molecule has 0 unspecified atom stereocenters. The zero-order chi connectivity index (χ0) is 24.8. The molecule has 0 aliphatic carbocycles. The number of alkyl carbamates (subject to hydrolysis) is 1. The standard InChI is InChI=1S/C25H28N4O5/c26-23(27)20-12-10-18(11-13-20)7-5-2-6-16-28-24(32)21(14-15-22(30)31)29-25(33)34-17-19-8-3-1-4-9-19/h1,3-4,8-13,21H,2,6,14-17H2,(H3,26,27)(H,28,32)(H,29,33)(H,30,31)/t21-/m1/s1. The van der Waals surface area contributed by atoms with Crippen LogP contribution in [0.3, 0.4) is 0 Å². The lowest BCUT2D eigenvalue weighted by molar-refractivity contribution is -0.137. The van der Waals surface area contributed by atoms with E-state index in [0.29, 0.717) is 24.9 Å². The molecule has 0 fully saturated rings. The first-order valence-corrected chi connectivity index (χ1v) is 10.7. The van der Waals surface area contributed by atoms with Crippen LogP contribution in [0.15, 0.2) is 54.6 Å². The van der Waals surface area contributed by atoms with E-state index in [1.54, 1.807) is 36.4 Å². The van der Waals surface area contributed by atoms with E-state index in [1.807, 2.05) is 18.2 Å². The minimum Gasteiger partial charge on any atom is -0.481 e. The van der Waals surface area contributed by atoms with Crippen molar-refractivity contribution in [3.8, 4) is 11.8 Å². The zero-order valence-corrected chi connectivity index (χ0v) is 18.7. The van der Waals surface area contributed by atoms with Gasteiger partial charge in [-0.15, -0.1) is 0 Å². The van der Waals surface area contributed by atoms with Gasteiger partial charge in [0, 0.05) is 30.5 Å². The van der Waals surface area contributed by atoms with Gasteiger partial charge >= 0.3 is 12.1 Å². The molecule has 0 aliphatic rings. The molecule has 2 aromatic carbocycles. The minimum absolute atomic E-state index is 0.00384. The molecule has 0 saturated carbocycles. The maximum atomic E-state index is 12.5. The average Bonchev–Trinajstić information content (AvgIpc) is 2.83. The van der Waals surface area contributed by atoms with Crippen molar-refractivity contribution in [2.24, 2.45) is 5.73 Å². The molecule has 34 heavy (non-hydrogen) atoms. The van der Waals surface area contributed by atoms with Crippen molar-refractivity contribution in [2.45, 2.75) is 38.3 Å². The van der Waals surface area contributed by atoms with Crippen LogP contribution in [0.1, 0.15) is 42.4 Å². The van der Waals surface area contributed by atoms with Crippen LogP contribution in [0.2, 0.25) is 0 Å². The number of amidine groups is 1. The smallest absolute Gasteiger partial charge is 0.408 e. The Morgan fingerprint density at radius 1 is 1.09 bits per heavy atom. The molecule has 0 spiro atoms. The number of carbonyl (C=O) groups is 3. The van der Waals surface area contributed by atoms with E-state index in [-0.39, 0.29) is 25.3 Å². The Hall–Kier alpha value is -4.32. The van der Waals surface area contributed by atoms with Gasteiger partial charge in [0.1, 0.15) is 18.5 Å². The van der Waals surface area contributed by atoms with Crippen molar-refractivity contribution >= 4 is 23.8 Å². The van der Waals surface area contributed by atoms with E-state index in [2.05, 4.69) is 22.5 Å². The second-order valence-corrected chi connectivity index (χ2v) is 7.38. The Balaban J connectivity index is 1.77. The maximum Gasteiger partial charge on any atom is 0.408 e. The number of rotatable bonds is 11. The number of nitrogen functional groups attached to an aromatic ring is 1. The van der Waals surface area contributed by atoms with Crippen LogP contribution in [0.5, 0.6) is 0 Å². The summed E-state index contributed by atoms with van der Waals surface area (Å²) >= 11 is 0. The molecule has 0 aromatic heterocycles. The Morgan fingerprint density at radius 3 is 2.44 bits per heavy atom. The van der Waals surface area contributed by atoms with Gasteiger partial charge in [0.2, 0.25) is 5.91 Å². The van der Waals surface area contributed by atoms with E-state index < -0.39 is 24.0 Å². The van der Waals surface area contributed by atoms with Gasteiger partial charge in [-0.1, -0.05) is 54.3 Å². The summed E-state index contributed by atoms with van der Waals surface area (Å²) in [4.78, 5) is 35.5. The molecule has 2 aromatic rings. The lowest BCUT2D eigenvalue weighted by Crippen LogP contribution is -2.47. The Kier molecular flexibility index (Phi) is 10.6. The van der Waals surface area contributed by atoms with Gasteiger partial charge in [-0.3, -0.25) is 15.0 Å². The number of nitrogens with two attached hydrogens (primary N) is 1. The first-order chi connectivity index (χ1) is 16.3. The molecule has 6 N–H and O–H groups in total. The lowest BCUT2D eigenvalue weighted by atomic mass is 10.1. The van der Waals surface area contributed by atoms with Gasteiger partial charge in [-0.25, -0.2) is 4.79 Å². The number of benzene rings is 2. The number of carbonyl (C=O) groups excluding carboxylic acids is 2. The van der Waals surface area contributed by atoms with E-state index in [4.69, 9.17) is 21.0 Å². The van der Waals surface area contributed by atoms with Crippen molar-refractivity contribution in [2.75, 3.05) is 6.54 Å². The topological polar surface area (TPSA) is 155 Å². The fraction of sp³-hybridized carbons (Fsp3) is 0.280. The molecule has 178 valence electrons. The van der Waals surface area contributed by atoms with Gasteiger partial charge in [0.25, 0.3) is 0 Å². The fourth-order valence-electron chi connectivity index (χ4n) is 2.85. The summed E-state index contributed by atoms with van der Waals surface area (Å²) < 4.78 is 5.12. The fourth-order valence-corrected chi connectivity index (χ4v) is 2.85. The van der Waals surface area contributed by atoms with E-state index in [9.17, 15) is 14.4 Å². The van der Waals surface area contributed by atoms with Crippen LogP contribution in [-0.4, -0.2) is 41.5 Å². The SMILES string of the molecule is N=C(N)c1ccc(C#CCCCNC(=O)[C@@H](CCC(=O)O)NC(=O)OCc2ccccc2)cc1. The molecular weight excluding hydrogens is 436 g/mol. The van der Waals surface area contributed by atoms with Gasteiger partial charge in [-0.2, -0.15) is 0 Å². The predicted octanol–water partition coefficient (Wildman–Crippen LogP) is 2.38. The van der Waals surface area contributed by atoms with Gasteiger partial charge in [0.05, 0.1) is 0 Å². The number of nitrogens with one attached hydrogen (secondary N) is 3. The van der Waals surface area contributed by atoms with Gasteiger partial charge < -0.3 is 26.2 Å². The summed E-state index contributed by atoms with van der Waals surface area (Å²) in [5.41, 5.74) is 7.63. The monoisotopic (exact) mass is 464 g/mol. The third-order valence-electron chi connectivity index (χ3n) is 4.67. The average molecular weight is 465 g/mol. The van der Waals surface area contributed by atoms with Crippen molar-refractivity contribution in [3.63, 3.8) is 0 Å². The van der Waals surface area contributed by atoms with Crippen LogP contribution < -0.4 is 16.4 Å². The van der Waals surface area contributed by atoms with Gasteiger partial charge in [0.15, 0.2) is 0 Å². The number of hydrogen-bond donors (Lipinski definition) is 5. The normalized spacial score (nSPS) is 10.8. The van der Waals surface area contributed by atoms with Crippen molar-refractivity contribution in [3.05, 3.63) is 71.3 Å². The predicted molar refractivity (Wildman–Crippen MR) is 127 cm³/mol. The van der Waals surface area contributed by atoms with E-state index in [0.717, 1.165) is 11.1 Å². The minimum atomic E-state index is -1.07. The first-order valence-electron chi connectivity index (χ1n) is 10.7. The molecule has 0 aliphatic heterocycles. The van der Waals surface area contributed by atoms with Crippen molar-refractivity contribution < 1.29 is 24.2 Å². The third kappa shape index (κ3) is 9.87. The highest BCUT2D eigenvalue weighted by atomic mass is 16.5. The summed E-state index contributed by atoms with van der Waals surface area (Å²) in [5, 5.41) is 21.4. The molecule has 0 radical (unpaired) electrons. The number of aliphatic carboxylic acids is 1. The number of hydrogen-bond acceptors (Lipinski definition) is 5. The molecular formula is C25H28N4O5. The number of carboxylic acids is 1. The Morgan fingerprint density at radius 2 is 1.79 bits per heavy atom. The number of amides is 2. The lowest BCUT2D eigenvalue weighted by Gasteiger charge is -2.17. The highest BCUT2D eigenvalue weighted by molar-refractivity contribution is 5.94. The second kappa shape index (κ2) is 14.0. The van der Waals surface area contributed by atoms with Crippen molar-refractivity contribution in [1.82, 2.24) is 10.6 Å². The molecule has 0 heterocycles. The van der Waals surface area contributed by atoms with Gasteiger partial charge in [-0.05, 0) is 30.5 Å². The van der Waals surface area contributed by atoms with Crippen LogP contribution in [0.4, 0.5) is 4.79 Å². The molecule has 9 heteroatoms. The van der Waals surface area contributed by atoms with Crippen LogP contribution in [-0.2, 0) is 20.9 Å². The third-order valence-corrected chi connectivity index (χ3v) is 4.67. The summed E-state index contributed by atoms with van der Waals surface area (Å²) in [6, 6.07) is 15.0. The number of ether oxygens (including phenoxy) is 1. The highest BCUT2D eigenvalue weighted by Crippen LogP contribution is 2.04. The van der Waals surface area contributed by atoms with Crippen molar-refractivity contribution in [1.29, 1.82) is 5.41 Å². The summed E-state index contributed by atoms with van der Waals surface area (Å²) in [6.45, 7) is 0.358. The molecule has 2 rings (SSSR count). The largest absolute Gasteiger partial charge is 0.481 e. The van der Waals surface area contributed by atoms with Crippen LogP contribution in [0.25, 0.3) is 0 Å². The molecule has 0 saturated heterocycles. The number of unbranched alkanes of at least 4 members (excludes halogenated alkanes) is 1. The second-order valence-electron chi connectivity index (χ2n) is 7.38. The summed E-state index contributed by atoms with van der Waals surface area (Å²) in [7, 11) is 0. The summed E-state index contributed by atoms with van der Waals surface area (Å²) in [6.07, 6.45) is -0.0195. The quantitative estimate of drug-likeness (QED) is 0.149. The maximum absolute atomic E-state index is 12.5. The molecule has 0 bridgehead atoms. The van der Waals surface area contributed by atoms with Crippen LogP contribution in [0, 0.1) is 17.3 Å². The molecule has 9 nitrogen and oxygen atoms in total. The van der Waals surface area contributed by atoms with Crippen LogP contribution >= 0.6 is 0 Å². The Labute approximate surface area is 198 Å². The summed E-state index contributed by atoms with van der Waals surface area (Å²) in [5.74, 6) is 4.45. The van der Waals surface area contributed by atoms with E-state index in [1.165, 1.54) is 0 Å². The Bertz CT molecular complexity index is 1040. The zero-order valence-electron chi connectivity index (χ0n) is 18.7. The molecule has 2 amide bonds. The number of carboxylic acid groups (broad SMARTS) is 1.